The minimum absolute atomic E-state index is 0.223. The molecule has 236 valence electrons. The van der Waals surface area contributed by atoms with Gasteiger partial charge >= 0.3 is 6.09 Å². The van der Waals surface area contributed by atoms with Gasteiger partial charge in [-0.05, 0) is 106 Å². The smallest absolute Gasteiger partial charge is 0.410 e. The number of carbonyl (C=O) groups is 2. The van der Waals surface area contributed by atoms with E-state index in [2.05, 4.69) is 21.0 Å². The Balaban J connectivity index is 1.20. The molecule has 4 aromatic rings. The van der Waals surface area contributed by atoms with Gasteiger partial charge < -0.3 is 19.1 Å². The fourth-order valence-electron chi connectivity index (χ4n) is 4.98. The number of ether oxygens (including phenoxy) is 3. The number of nitrogens with zero attached hydrogens (tertiary/aromatic N) is 4. The first-order chi connectivity index (χ1) is 21.3. The van der Waals surface area contributed by atoms with Crippen molar-refractivity contribution in [3.63, 3.8) is 0 Å². The SMILES string of the molecule is CC(C)(C)OC(=O)N1CC(C(=O)N(OC(C)(C)C)c2ccc(Oc3c(Br)sc4c3ccc3c4cnn3C3C=CC=CO3)cc2)C1. The van der Waals surface area contributed by atoms with Gasteiger partial charge in [0.25, 0.3) is 5.91 Å². The molecular weight excluding hydrogens is 660 g/mol. The molecule has 12 heteroatoms. The van der Waals surface area contributed by atoms with Gasteiger partial charge in [-0.1, -0.05) is 6.08 Å². The molecule has 2 aromatic heterocycles. The predicted molar refractivity (Wildman–Crippen MR) is 177 cm³/mol. The fraction of sp³-hybridized carbons (Fsp3) is 0.364. The molecule has 0 radical (unpaired) electrons. The summed E-state index contributed by atoms with van der Waals surface area (Å²) in [4.78, 5) is 33.6. The number of carbonyl (C=O) groups excluding carboxylic acids is 2. The summed E-state index contributed by atoms with van der Waals surface area (Å²) in [5.41, 5.74) is 0.295. The third kappa shape index (κ3) is 6.58. The van der Waals surface area contributed by atoms with E-state index in [0.717, 1.165) is 24.8 Å². The Hall–Kier alpha value is -3.87. The molecule has 6 rings (SSSR count). The highest BCUT2D eigenvalue weighted by Gasteiger charge is 2.41. The number of allylic oxidation sites excluding steroid dienone is 2. The van der Waals surface area contributed by atoms with Crippen LogP contribution in [0.2, 0.25) is 0 Å². The Morgan fingerprint density at radius 3 is 2.38 bits per heavy atom. The Morgan fingerprint density at radius 1 is 1.00 bits per heavy atom. The van der Waals surface area contributed by atoms with Crippen molar-refractivity contribution in [3.8, 4) is 11.5 Å². The molecule has 0 spiro atoms. The molecule has 0 bridgehead atoms. The number of halogens is 1. The van der Waals surface area contributed by atoms with Gasteiger partial charge in [-0.3, -0.25) is 9.63 Å². The number of benzene rings is 2. The zero-order chi connectivity index (χ0) is 32.1. The second-order valence-electron chi connectivity index (χ2n) is 12.9. The summed E-state index contributed by atoms with van der Waals surface area (Å²) >= 11 is 5.28. The number of anilines is 1. The Morgan fingerprint density at radius 2 is 1.73 bits per heavy atom. The van der Waals surface area contributed by atoms with Crippen LogP contribution in [0.4, 0.5) is 10.5 Å². The lowest BCUT2D eigenvalue weighted by molar-refractivity contribution is -0.141. The Labute approximate surface area is 273 Å². The molecule has 2 aliphatic rings. The summed E-state index contributed by atoms with van der Waals surface area (Å²) in [6.45, 7) is 11.6. The number of hydroxylamine groups is 1. The maximum Gasteiger partial charge on any atom is 0.410 e. The van der Waals surface area contributed by atoms with Crippen molar-refractivity contribution < 1.29 is 28.6 Å². The van der Waals surface area contributed by atoms with Crippen LogP contribution in [-0.2, 0) is 19.1 Å². The van der Waals surface area contributed by atoms with Crippen molar-refractivity contribution in [1.29, 1.82) is 0 Å². The highest BCUT2D eigenvalue weighted by Crippen LogP contribution is 2.46. The van der Waals surface area contributed by atoms with E-state index in [4.69, 9.17) is 19.0 Å². The molecule has 1 fully saturated rings. The molecule has 2 aromatic carbocycles. The van der Waals surface area contributed by atoms with Crippen LogP contribution in [0.1, 0.15) is 47.8 Å². The maximum absolute atomic E-state index is 13.6. The molecule has 1 unspecified atom stereocenters. The summed E-state index contributed by atoms with van der Waals surface area (Å²) < 4.78 is 21.3. The van der Waals surface area contributed by atoms with E-state index < -0.39 is 23.2 Å². The lowest BCUT2D eigenvalue weighted by Gasteiger charge is -2.41. The van der Waals surface area contributed by atoms with E-state index in [0.29, 0.717) is 17.2 Å². The van der Waals surface area contributed by atoms with Gasteiger partial charge in [0.2, 0.25) is 6.23 Å². The highest BCUT2D eigenvalue weighted by atomic mass is 79.9. The van der Waals surface area contributed by atoms with Gasteiger partial charge in [-0.2, -0.15) is 10.2 Å². The third-order valence-electron chi connectivity index (χ3n) is 7.01. The number of hydrogen-bond acceptors (Lipinski definition) is 8. The first-order valence-electron chi connectivity index (χ1n) is 14.6. The Bertz CT molecular complexity index is 1810. The molecule has 4 heterocycles. The zero-order valence-electron chi connectivity index (χ0n) is 25.9. The van der Waals surface area contributed by atoms with E-state index in [1.165, 1.54) is 9.96 Å². The van der Waals surface area contributed by atoms with Crippen LogP contribution in [0, 0.1) is 5.92 Å². The lowest BCUT2D eigenvalue weighted by Crippen LogP contribution is -2.58. The molecule has 2 aliphatic heterocycles. The second-order valence-corrected chi connectivity index (χ2v) is 15.3. The average Bonchev–Trinajstić information content (AvgIpc) is 3.51. The van der Waals surface area contributed by atoms with E-state index in [9.17, 15) is 9.59 Å². The normalized spacial score (nSPS) is 17.0. The largest absolute Gasteiger partial charge is 0.473 e. The molecular formula is C33H35BrN4O6S. The molecule has 0 saturated carbocycles. The second kappa shape index (κ2) is 11.8. The van der Waals surface area contributed by atoms with Crippen LogP contribution in [-0.4, -0.2) is 51.0 Å². The van der Waals surface area contributed by atoms with E-state index in [1.807, 2.05) is 94.9 Å². The molecule has 1 atom stereocenters. The van der Waals surface area contributed by atoms with Crippen LogP contribution in [0.15, 0.2) is 70.9 Å². The first kappa shape index (κ1) is 31.1. The van der Waals surface area contributed by atoms with Crippen molar-refractivity contribution in [2.45, 2.75) is 59.0 Å². The van der Waals surface area contributed by atoms with Crippen LogP contribution in [0.5, 0.6) is 11.5 Å². The number of likely N-dealkylation sites (tertiary alicyclic amines) is 1. The van der Waals surface area contributed by atoms with E-state index in [-0.39, 0.29) is 25.2 Å². The minimum Gasteiger partial charge on any atom is -0.473 e. The van der Waals surface area contributed by atoms with Gasteiger partial charge in [-0.25, -0.2) is 9.48 Å². The molecule has 2 amide bonds. The van der Waals surface area contributed by atoms with Gasteiger partial charge in [0, 0.05) is 23.9 Å². The standard InChI is InChI=1S/C33H35BrN4O6S/c1-32(2,3)43-31(40)36-18-20(19-36)30(39)38(44-33(4,5)6)21-10-12-22(13-11-21)42-27-23-14-15-25-24(28(23)45-29(27)34)17-35-37(25)26-9-7-8-16-41-26/h7-17,20,26H,18-19H2,1-6H3. The number of hydrogen-bond donors (Lipinski definition) is 0. The van der Waals surface area contributed by atoms with E-state index >= 15 is 0 Å². The third-order valence-corrected chi connectivity index (χ3v) is 8.86. The molecule has 10 nitrogen and oxygen atoms in total. The summed E-state index contributed by atoms with van der Waals surface area (Å²) in [7, 11) is 0. The molecule has 45 heavy (non-hydrogen) atoms. The summed E-state index contributed by atoms with van der Waals surface area (Å²) in [6, 6.07) is 11.2. The lowest BCUT2D eigenvalue weighted by atomic mass is 9.99. The van der Waals surface area contributed by atoms with Crippen molar-refractivity contribution >= 4 is 65.9 Å². The number of aromatic nitrogens is 2. The van der Waals surface area contributed by atoms with Crippen LogP contribution < -0.4 is 9.80 Å². The summed E-state index contributed by atoms with van der Waals surface area (Å²) in [5.74, 6) is 0.678. The monoisotopic (exact) mass is 694 g/mol. The first-order valence-corrected chi connectivity index (χ1v) is 16.2. The van der Waals surface area contributed by atoms with Gasteiger partial charge in [0.05, 0.1) is 39.9 Å². The topological polar surface area (TPSA) is 95.4 Å². The quantitative estimate of drug-likeness (QED) is 0.187. The van der Waals surface area contributed by atoms with Gasteiger partial charge in [0.15, 0.2) is 5.75 Å². The zero-order valence-corrected chi connectivity index (χ0v) is 28.3. The fourth-order valence-corrected chi connectivity index (χ4v) is 6.72. The predicted octanol–water partition coefficient (Wildman–Crippen LogP) is 8.33. The number of fused-ring (bicyclic) bond motifs is 3. The van der Waals surface area contributed by atoms with Gasteiger partial charge in [0.1, 0.15) is 15.1 Å². The van der Waals surface area contributed by atoms with Gasteiger partial charge in [-0.15, -0.1) is 11.3 Å². The number of thiophene rings is 1. The van der Waals surface area contributed by atoms with Crippen molar-refractivity contribution in [3.05, 3.63) is 70.9 Å². The van der Waals surface area contributed by atoms with Crippen LogP contribution in [0.25, 0.3) is 21.0 Å². The van der Waals surface area contributed by atoms with Crippen LogP contribution >= 0.6 is 27.3 Å². The molecule has 0 N–H and O–H groups in total. The molecule has 1 saturated heterocycles. The highest BCUT2D eigenvalue weighted by molar-refractivity contribution is 9.11. The van der Waals surface area contributed by atoms with Crippen molar-refractivity contribution in [2.24, 2.45) is 5.92 Å². The minimum atomic E-state index is -0.630. The number of rotatable bonds is 6. The number of amides is 2. The summed E-state index contributed by atoms with van der Waals surface area (Å²) in [6.07, 6.45) is 8.52. The van der Waals surface area contributed by atoms with Crippen molar-refractivity contribution in [1.82, 2.24) is 14.7 Å². The summed E-state index contributed by atoms with van der Waals surface area (Å²) in [5, 5.41) is 7.88. The maximum atomic E-state index is 13.6. The Kier molecular flexibility index (Phi) is 8.17. The van der Waals surface area contributed by atoms with E-state index in [1.54, 1.807) is 29.7 Å². The van der Waals surface area contributed by atoms with Crippen LogP contribution in [0.3, 0.4) is 0 Å². The molecule has 0 aliphatic carbocycles. The average molecular weight is 696 g/mol. The van der Waals surface area contributed by atoms with Crippen molar-refractivity contribution in [2.75, 3.05) is 18.2 Å².